The van der Waals surface area contributed by atoms with Gasteiger partial charge in [0, 0.05) is 48.2 Å². The molecule has 0 saturated carbocycles. The highest BCUT2D eigenvalue weighted by Gasteiger charge is 2.15. The lowest BCUT2D eigenvalue weighted by Crippen LogP contribution is -2.31. The van der Waals surface area contributed by atoms with Crippen LogP contribution in [0, 0.1) is 0 Å². The molecule has 2 amide bonds. The van der Waals surface area contributed by atoms with Gasteiger partial charge in [-0.15, -0.1) is 0 Å². The van der Waals surface area contributed by atoms with Crippen LogP contribution in [0.15, 0.2) is 0 Å². The summed E-state index contributed by atoms with van der Waals surface area (Å²) in [7, 11) is -1.33. The second-order valence-corrected chi connectivity index (χ2v) is 8.20. The molecule has 0 saturated heterocycles. The number of rotatable bonds is 16. The zero-order chi connectivity index (χ0) is 19.8. The lowest BCUT2D eigenvalue weighted by atomic mass is 10.2. The third-order valence-corrected chi connectivity index (χ3v) is 5.43. The van der Waals surface area contributed by atoms with Crippen molar-refractivity contribution in [1.29, 1.82) is 0 Å². The van der Waals surface area contributed by atoms with Crippen molar-refractivity contribution >= 4 is 22.6 Å². The maximum absolute atomic E-state index is 11.9. The third-order valence-electron chi connectivity index (χ3n) is 4.11. The summed E-state index contributed by atoms with van der Waals surface area (Å²) in [6, 6.07) is 0. The van der Waals surface area contributed by atoms with Crippen LogP contribution in [0.3, 0.4) is 0 Å². The molecule has 154 valence electrons. The van der Waals surface area contributed by atoms with Gasteiger partial charge in [-0.25, -0.2) is 10.1 Å². The highest BCUT2D eigenvalue weighted by Crippen LogP contribution is 2.04. The number of carbonyl (C=O) groups excluding carboxylic acids is 2. The van der Waals surface area contributed by atoms with Gasteiger partial charge in [-0.05, 0) is 12.8 Å². The Morgan fingerprint density at radius 2 is 1.12 bits per heavy atom. The Hall–Kier alpha value is -0.990. The van der Waals surface area contributed by atoms with Crippen molar-refractivity contribution in [2.75, 3.05) is 24.6 Å². The first-order valence-electron chi connectivity index (χ1n) is 9.75. The summed E-state index contributed by atoms with van der Waals surface area (Å²) in [6.07, 6.45) is 7.71. The Morgan fingerprint density at radius 3 is 1.46 bits per heavy atom. The average molecular weight is 393 g/mol. The van der Waals surface area contributed by atoms with Crippen LogP contribution in [0.25, 0.3) is 0 Å². The first-order chi connectivity index (χ1) is 12.4. The fourth-order valence-electron chi connectivity index (χ4n) is 2.39. The maximum atomic E-state index is 11.9. The molecule has 0 aliphatic carbocycles. The molecule has 7 nitrogen and oxygen atoms in total. The normalized spacial score (nSPS) is 11.0. The van der Waals surface area contributed by atoms with Gasteiger partial charge in [-0.1, -0.05) is 52.4 Å². The second kappa shape index (κ2) is 16.2. The summed E-state index contributed by atoms with van der Waals surface area (Å²) >= 11 is 0. The molecule has 0 rings (SSSR count). The quantitative estimate of drug-likeness (QED) is 0.239. The van der Waals surface area contributed by atoms with E-state index < -0.39 is 22.6 Å². The van der Waals surface area contributed by atoms with Crippen LogP contribution in [0.2, 0.25) is 0 Å². The minimum atomic E-state index is -1.33. The van der Waals surface area contributed by atoms with E-state index in [1.165, 1.54) is 0 Å². The summed E-state index contributed by atoms with van der Waals surface area (Å²) < 4.78 is 11.9. The lowest BCUT2D eigenvalue weighted by Gasteiger charge is -2.15. The molecule has 0 spiro atoms. The maximum Gasteiger partial charge on any atom is 0.246 e. The number of unbranched alkanes of at least 4 members (excludes halogenated alkanes) is 6. The van der Waals surface area contributed by atoms with Gasteiger partial charge in [0.05, 0.1) is 0 Å². The van der Waals surface area contributed by atoms with Crippen molar-refractivity contribution in [3.63, 3.8) is 0 Å². The van der Waals surface area contributed by atoms with Crippen molar-refractivity contribution in [1.82, 2.24) is 10.1 Å². The summed E-state index contributed by atoms with van der Waals surface area (Å²) in [6.45, 7) is 4.76. The van der Waals surface area contributed by atoms with Gasteiger partial charge in [0.2, 0.25) is 11.8 Å². The third kappa shape index (κ3) is 13.2. The number of carbonyl (C=O) groups is 2. The van der Waals surface area contributed by atoms with Crippen molar-refractivity contribution in [2.45, 2.75) is 78.1 Å². The Balaban J connectivity index is 3.86. The molecule has 0 aliphatic heterocycles. The van der Waals surface area contributed by atoms with Crippen molar-refractivity contribution in [3.05, 3.63) is 0 Å². The largest absolute Gasteiger partial charge is 0.286 e. The van der Waals surface area contributed by atoms with Gasteiger partial charge >= 0.3 is 0 Å². The van der Waals surface area contributed by atoms with Crippen LogP contribution in [-0.4, -0.2) is 61.2 Å². The standard InChI is InChI=1S/C18H36N2O5S/c1-3-5-7-9-13-19(23)17(21)11-15-26(25)16-12-18(22)20(24)14-10-8-6-4-2/h23-24H,3-16H2,1-2H3. The number of hydrogen-bond acceptors (Lipinski definition) is 5. The van der Waals surface area contributed by atoms with E-state index in [0.717, 1.165) is 51.4 Å². The number of nitrogens with zero attached hydrogens (tertiary/aromatic N) is 2. The molecule has 0 fully saturated rings. The Bertz CT molecular complexity index is 384. The number of hydrogen-bond donors (Lipinski definition) is 2. The monoisotopic (exact) mass is 392 g/mol. The van der Waals surface area contributed by atoms with Crippen LogP contribution in [0.1, 0.15) is 78.1 Å². The Labute approximate surface area is 160 Å². The highest BCUT2D eigenvalue weighted by atomic mass is 32.2. The molecule has 26 heavy (non-hydrogen) atoms. The van der Waals surface area contributed by atoms with E-state index in [9.17, 15) is 24.2 Å². The predicted molar refractivity (Wildman–Crippen MR) is 102 cm³/mol. The minimum absolute atomic E-state index is 0.00899. The van der Waals surface area contributed by atoms with E-state index in [0.29, 0.717) is 23.2 Å². The molecule has 0 bridgehead atoms. The Morgan fingerprint density at radius 1 is 0.731 bits per heavy atom. The zero-order valence-corrected chi connectivity index (χ0v) is 17.1. The summed E-state index contributed by atoms with van der Waals surface area (Å²) in [5.74, 6) is -0.665. The van der Waals surface area contributed by atoms with Crippen LogP contribution in [0.5, 0.6) is 0 Å². The SMILES string of the molecule is CCCCCCN(O)C(=O)CCS(=O)CCC(=O)N(O)CCCCCC. The molecule has 0 aromatic carbocycles. The predicted octanol–water partition coefficient (Wildman–Crippen LogP) is 3.11. The van der Waals surface area contributed by atoms with E-state index in [2.05, 4.69) is 13.8 Å². The fourth-order valence-corrected chi connectivity index (χ4v) is 3.40. The summed E-state index contributed by atoms with van der Waals surface area (Å²) in [5.41, 5.74) is 0. The molecule has 0 aromatic heterocycles. The van der Waals surface area contributed by atoms with E-state index in [1.807, 2.05) is 0 Å². The van der Waals surface area contributed by atoms with Gasteiger partial charge < -0.3 is 0 Å². The molecule has 0 aromatic rings. The lowest BCUT2D eigenvalue weighted by molar-refractivity contribution is -0.165. The van der Waals surface area contributed by atoms with Gasteiger partial charge in [-0.2, -0.15) is 0 Å². The highest BCUT2D eigenvalue weighted by molar-refractivity contribution is 7.85. The molecule has 0 radical (unpaired) electrons. The first-order valence-corrected chi connectivity index (χ1v) is 11.2. The summed E-state index contributed by atoms with van der Waals surface area (Å²) in [5, 5.41) is 20.7. The van der Waals surface area contributed by atoms with Crippen LogP contribution >= 0.6 is 0 Å². The van der Waals surface area contributed by atoms with E-state index in [-0.39, 0.29) is 24.3 Å². The van der Waals surface area contributed by atoms with Gasteiger partial charge in [0.25, 0.3) is 0 Å². The van der Waals surface area contributed by atoms with Crippen LogP contribution in [-0.2, 0) is 20.4 Å². The topological polar surface area (TPSA) is 98.2 Å². The van der Waals surface area contributed by atoms with E-state index in [4.69, 9.17) is 0 Å². The second-order valence-electron chi connectivity index (χ2n) is 6.50. The average Bonchev–Trinajstić information content (AvgIpc) is 2.64. The smallest absolute Gasteiger partial charge is 0.246 e. The molecule has 0 aliphatic rings. The van der Waals surface area contributed by atoms with Crippen molar-refractivity contribution < 1.29 is 24.2 Å². The molecular formula is C18H36N2O5S. The number of hydroxylamine groups is 4. The molecule has 8 heteroatoms. The molecular weight excluding hydrogens is 356 g/mol. The molecule has 2 N–H and O–H groups in total. The Kier molecular flexibility index (Phi) is 15.6. The van der Waals surface area contributed by atoms with Crippen molar-refractivity contribution in [2.24, 2.45) is 0 Å². The minimum Gasteiger partial charge on any atom is -0.286 e. The molecule has 0 heterocycles. The first kappa shape index (κ1) is 25.0. The fraction of sp³-hybridized carbons (Fsp3) is 0.889. The van der Waals surface area contributed by atoms with Crippen LogP contribution < -0.4 is 0 Å². The molecule has 0 atom stereocenters. The summed E-state index contributed by atoms with van der Waals surface area (Å²) in [4.78, 5) is 23.5. The van der Waals surface area contributed by atoms with Gasteiger partial charge in [0.1, 0.15) is 0 Å². The van der Waals surface area contributed by atoms with E-state index in [1.54, 1.807) is 0 Å². The van der Waals surface area contributed by atoms with Crippen LogP contribution in [0.4, 0.5) is 0 Å². The van der Waals surface area contributed by atoms with Gasteiger partial charge in [-0.3, -0.25) is 24.2 Å². The van der Waals surface area contributed by atoms with Crippen molar-refractivity contribution in [3.8, 4) is 0 Å². The number of amides is 2. The van der Waals surface area contributed by atoms with E-state index >= 15 is 0 Å². The zero-order valence-electron chi connectivity index (χ0n) is 16.3. The molecule has 0 unspecified atom stereocenters. The van der Waals surface area contributed by atoms with Gasteiger partial charge in [0.15, 0.2) is 0 Å².